The molecule has 0 amide bonds. The second-order valence-corrected chi connectivity index (χ2v) is 6.73. The molecule has 1 heterocycles. The van der Waals surface area contributed by atoms with Gasteiger partial charge in [-0.25, -0.2) is 9.97 Å². The summed E-state index contributed by atoms with van der Waals surface area (Å²) in [5.74, 6) is 1.26. The second-order valence-electron chi connectivity index (χ2n) is 6.73. The average Bonchev–Trinajstić information content (AvgIpc) is 2.69. The molecule has 1 aliphatic carbocycles. The Morgan fingerprint density at radius 1 is 1.08 bits per heavy atom. The van der Waals surface area contributed by atoms with Crippen LogP contribution in [-0.2, 0) is 4.74 Å². The molecule has 0 atom stereocenters. The molecule has 130 valence electrons. The maximum atomic E-state index is 8.87. The fourth-order valence-corrected chi connectivity index (χ4v) is 3.35. The number of nitriles is 1. The molecule has 0 radical (unpaired) electrons. The molecular weight excluding hydrogens is 310 g/mol. The Bertz CT molecular complexity index is 695. The summed E-state index contributed by atoms with van der Waals surface area (Å²) in [6.07, 6.45) is 11.3. The van der Waals surface area contributed by atoms with Crippen LogP contribution < -0.4 is 0 Å². The van der Waals surface area contributed by atoms with Crippen molar-refractivity contribution in [3.63, 3.8) is 0 Å². The van der Waals surface area contributed by atoms with Crippen molar-refractivity contribution in [3.8, 4) is 17.5 Å². The monoisotopic (exact) mass is 335 g/mol. The third-order valence-electron chi connectivity index (χ3n) is 4.94. The minimum Gasteiger partial charge on any atom is -0.378 e. The van der Waals surface area contributed by atoms with Gasteiger partial charge in [-0.1, -0.05) is 13.3 Å². The van der Waals surface area contributed by atoms with Crippen LogP contribution >= 0.6 is 0 Å². The SMILES string of the molecule is CCCCOC1CCC(c2cnc(-c3ccc(C#N)cc3)nc2)CC1. The molecule has 0 N–H and O–H groups in total. The molecule has 0 saturated heterocycles. The molecule has 1 saturated carbocycles. The topological polar surface area (TPSA) is 58.8 Å². The van der Waals surface area contributed by atoms with Gasteiger partial charge in [0.05, 0.1) is 17.7 Å². The minimum atomic E-state index is 0.432. The van der Waals surface area contributed by atoms with Crippen LogP contribution in [0.3, 0.4) is 0 Å². The Morgan fingerprint density at radius 2 is 1.76 bits per heavy atom. The lowest BCUT2D eigenvalue weighted by Crippen LogP contribution is -2.21. The summed E-state index contributed by atoms with van der Waals surface area (Å²) in [5.41, 5.74) is 2.82. The number of nitrogens with zero attached hydrogens (tertiary/aromatic N) is 3. The second kappa shape index (κ2) is 8.73. The summed E-state index contributed by atoms with van der Waals surface area (Å²) >= 11 is 0. The number of hydrogen-bond donors (Lipinski definition) is 0. The summed E-state index contributed by atoms with van der Waals surface area (Å²) in [6.45, 7) is 3.09. The Labute approximate surface area is 149 Å². The van der Waals surface area contributed by atoms with Crippen LogP contribution in [0.4, 0.5) is 0 Å². The highest BCUT2D eigenvalue weighted by molar-refractivity contribution is 5.56. The van der Waals surface area contributed by atoms with E-state index in [0.717, 1.165) is 44.3 Å². The van der Waals surface area contributed by atoms with Gasteiger partial charge in [0.25, 0.3) is 0 Å². The maximum Gasteiger partial charge on any atom is 0.159 e. The van der Waals surface area contributed by atoms with Gasteiger partial charge in [0.2, 0.25) is 0 Å². The third kappa shape index (κ3) is 4.64. The smallest absolute Gasteiger partial charge is 0.159 e. The minimum absolute atomic E-state index is 0.432. The molecule has 4 heteroatoms. The number of aromatic nitrogens is 2. The summed E-state index contributed by atoms with van der Waals surface area (Å²) in [6, 6.07) is 9.51. The lowest BCUT2D eigenvalue weighted by molar-refractivity contribution is 0.0232. The van der Waals surface area contributed by atoms with Gasteiger partial charge < -0.3 is 4.74 Å². The molecule has 0 spiro atoms. The van der Waals surface area contributed by atoms with Crippen LogP contribution in [0.5, 0.6) is 0 Å². The van der Waals surface area contributed by atoms with Crippen molar-refractivity contribution in [1.29, 1.82) is 5.26 Å². The summed E-state index contributed by atoms with van der Waals surface area (Å²) in [5, 5.41) is 8.87. The number of ether oxygens (including phenoxy) is 1. The highest BCUT2D eigenvalue weighted by atomic mass is 16.5. The van der Waals surface area contributed by atoms with Crippen LogP contribution in [-0.4, -0.2) is 22.7 Å². The van der Waals surface area contributed by atoms with E-state index >= 15 is 0 Å². The van der Waals surface area contributed by atoms with Gasteiger partial charge in [0.1, 0.15) is 0 Å². The van der Waals surface area contributed by atoms with E-state index in [2.05, 4.69) is 23.0 Å². The molecule has 1 fully saturated rings. The van der Waals surface area contributed by atoms with Crippen LogP contribution in [0, 0.1) is 11.3 Å². The summed E-state index contributed by atoms with van der Waals surface area (Å²) < 4.78 is 5.95. The van der Waals surface area contributed by atoms with Crippen LogP contribution in [0.15, 0.2) is 36.7 Å². The third-order valence-corrected chi connectivity index (χ3v) is 4.94. The first-order valence-electron chi connectivity index (χ1n) is 9.24. The van der Waals surface area contributed by atoms with E-state index in [1.807, 2.05) is 24.5 Å². The number of unbranched alkanes of at least 4 members (excludes halogenated alkanes) is 1. The first kappa shape index (κ1) is 17.6. The van der Waals surface area contributed by atoms with Crippen molar-refractivity contribution in [2.45, 2.75) is 57.5 Å². The van der Waals surface area contributed by atoms with Crippen LogP contribution in [0.2, 0.25) is 0 Å². The van der Waals surface area contributed by atoms with Crippen LogP contribution in [0.1, 0.15) is 62.5 Å². The van der Waals surface area contributed by atoms with Gasteiger partial charge in [-0.15, -0.1) is 0 Å². The van der Waals surface area contributed by atoms with E-state index in [1.54, 1.807) is 12.1 Å². The maximum absolute atomic E-state index is 8.87. The number of benzene rings is 1. The van der Waals surface area contributed by atoms with Gasteiger partial charge >= 0.3 is 0 Å². The summed E-state index contributed by atoms with van der Waals surface area (Å²) in [4.78, 5) is 9.07. The van der Waals surface area contributed by atoms with Gasteiger partial charge in [-0.3, -0.25) is 0 Å². The largest absolute Gasteiger partial charge is 0.378 e. The van der Waals surface area contributed by atoms with Crippen molar-refractivity contribution in [2.75, 3.05) is 6.61 Å². The van der Waals surface area contributed by atoms with E-state index in [4.69, 9.17) is 10.00 Å². The van der Waals surface area contributed by atoms with Crippen molar-refractivity contribution in [3.05, 3.63) is 47.8 Å². The molecule has 25 heavy (non-hydrogen) atoms. The van der Waals surface area contributed by atoms with E-state index in [-0.39, 0.29) is 0 Å². The zero-order valence-electron chi connectivity index (χ0n) is 14.8. The van der Waals surface area contributed by atoms with Gasteiger partial charge in [0, 0.05) is 24.6 Å². The average molecular weight is 335 g/mol. The van der Waals surface area contributed by atoms with E-state index in [9.17, 15) is 0 Å². The lowest BCUT2D eigenvalue weighted by Gasteiger charge is -2.28. The first-order valence-corrected chi connectivity index (χ1v) is 9.24. The highest BCUT2D eigenvalue weighted by Gasteiger charge is 2.23. The van der Waals surface area contributed by atoms with Crippen molar-refractivity contribution in [1.82, 2.24) is 9.97 Å². The van der Waals surface area contributed by atoms with Gasteiger partial charge in [-0.2, -0.15) is 5.26 Å². The Morgan fingerprint density at radius 3 is 2.36 bits per heavy atom. The standard InChI is InChI=1S/C21H25N3O/c1-2-3-12-25-20-10-8-17(9-11-20)19-14-23-21(24-15-19)18-6-4-16(13-22)5-7-18/h4-7,14-15,17,20H,2-3,8-12H2,1H3. The lowest BCUT2D eigenvalue weighted by atomic mass is 9.84. The molecule has 3 rings (SSSR count). The fraction of sp³-hybridized carbons (Fsp3) is 0.476. The Kier molecular flexibility index (Phi) is 6.14. The molecule has 0 bridgehead atoms. The molecule has 4 nitrogen and oxygen atoms in total. The zero-order valence-corrected chi connectivity index (χ0v) is 14.8. The van der Waals surface area contributed by atoms with E-state index in [1.165, 1.54) is 12.0 Å². The summed E-state index contributed by atoms with van der Waals surface area (Å²) in [7, 11) is 0. The molecule has 1 aromatic heterocycles. The molecule has 2 aromatic rings. The van der Waals surface area contributed by atoms with Crippen molar-refractivity contribution < 1.29 is 4.74 Å². The predicted molar refractivity (Wildman–Crippen MR) is 98.0 cm³/mol. The first-order chi connectivity index (χ1) is 12.3. The normalized spacial score (nSPS) is 20.2. The molecule has 1 aliphatic rings. The van der Waals surface area contributed by atoms with Crippen molar-refractivity contribution >= 4 is 0 Å². The fourth-order valence-electron chi connectivity index (χ4n) is 3.35. The van der Waals surface area contributed by atoms with Gasteiger partial charge in [0.15, 0.2) is 5.82 Å². The van der Waals surface area contributed by atoms with E-state index < -0.39 is 0 Å². The molecular formula is C21H25N3O. The molecule has 0 unspecified atom stereocenters. The number of rotatable bonds is 6. The predicted octanol–water partition coefficient (Wildman–Crippen LogP) is 4.86. The molecule has 1 aromatic carbocycles. The van der Waals surface area contributed by atoms with E-state index in [0.29, 0.717) is 23.4 Å². The quantitative estimate of drug-likeness (QED) is 0.707. The highest BCUT2D eigenvalue weighted by Crippen LogP contribution is 2.33. The Hall–Kier alpha value is -2.25. The van der Waals surface area contributed by atoms with Gasteiger partial charge in [-0.05, 0) is 67.9 Å². The number of hydrogen-bond acceptors (Lipinski definition) is 4. The Balaban J connectivity index is 1.57. The zero-order chi connectivity index (χ0) is 17.5. The van der Waals surface area contributed by atoms with Crippen molar-refractivity contribution in [2.24, 2.45) is 0 Å². The van der Waals surface area contributed by atoms with Crippen LogP contribution in [0.25, 0.3) is 11.4 Å². The molecule has 0 aliphatic heterocycles.